The molecule has 184 valence electrons. The summed E-state index contributed by atoms with van der Waals surface area (Å²) in [4.78, 5) is 0. The lowest BCUT2D eigenvalue weighted by Gasteiger charge is -2.52. The van der Waals surface area contributed by atoms with Crippen LogP contribution in [0.15, 0.2) is 42.5 Å². The van der Waals surface area contributed by atoms with Crippen LogP contribution < -0.4 is 0 Å². The van der Waals surface area contributed by atoms with Crippen molar-refractivity contribution in [3.05, 3.63) is 64.7 Å². The summed E-state index contributed by atoms with van der Waals surface area (Å²) >= 11 is 0. The Balaban J connectivity index is 1.08. The monoisotopic (exact) mass is 470 g/mol. The van der Waals surface area contributed by atoms with E-state index in [1.54, 1.807) is 0 Å². The van der Waals surface area contributed by atoms with E-state index >= 15 is 0 Å². The van der Waals surface area contributed by atoms with Crippen LogP contribution in [0.25, 0.3) is 0 Å². The van der Waals surface area contributed by atoms with Crippen LogP contribution in [0.2, 0.25) is 0 Å². The van der Waals surface area contributed by atoms with Gasteiger partial charge in [-0.2, -0.15) is 0 Å². The van der Waals surface area contributed by atoms with E-state index in [1.165, 1.54) is 28.7 Å². The van der Waals surface area contributed by atoms with Crippen molar-refractivity contribution in [2.75, 3.05) is 13.2 Å². The van der Waals surface area contributed by atoms with E-state index < -0.39 is 5.60 Å². The highest BCUT2D eigenvalue weighted by Crippen LogP contribution is 2.64. The maximum absolute atomic E-state index is 11.8. The normalized spacial score (nSPS) is 35.1. The third-order valence-electron chi connectivity index (χ3n) is 10.1. The molecule has 3 heteroatoms. The van der Waals surface area contributed by atoms with E-state index in [-0.39, 0.29) is 5.41 Å². The van der Waals surface area contributed by atoms with Gasteiger partial charge in [0.05, 0.1) is 6.61 Å². The first-order valence-electron chi connectivity index (χ1n) is 13.7. The van der Waals surface area contributed by atoms with Gasteiger partial charge in [-0.3, -0.25) is 0 Å². The zero-order chi connectivity index (χ0) is 24.0. The van der Waals surface area contributed by atoms with Crippen LogP contribution >= 0.6 is 0 Å². The fourth-order valence-electron chi connectivity index (χ4n) is 8.16. The van der Waals surface area contributed by atoms with Crippen LogP contribution in [0, 0.1) is 35.0 Å². The van der Waals surface area contributed by atoms with E-state index in [2.05, 4.69) is 49.1 Å². The largest absolute Gasteiger partial charge is 0.508 e. The topological polar surface area (TPSA) is 49.7 Å². The van der Waals surface area contributed by atoms with E-state index in [9.17, 15) is 10.2 Å². The van der Waals surface area contributed by atoms with Gasteiger partial charge in [-0.15, -0.1) is 0 Å². The van der Waals surface area contributed by atoms with Crippen molar-refractivity contribution in [3.63, 3.8) is 0 Å². The second-order valence-electron chi connectivity index (χ2n) is 11.8. The number of phenols is 1. The van der Waals surface area contributed by atoms with Gasteiger partial charge in [0.15, 0.2) is 0 Å². The Labute approximate surface area is 209 Å². The van der Waals surface area contributed by atoms with Gasteiger partial charge in [-0.25, -0.2) is 0 Å². The van der Waals surface area contributed by atoms with Crippen LogP contribution in [0.3, 0.4) is 0 Å². The Kier molecular flexibility index (Phi) is 5.94. The summed E-state index contributed by atoms with van der Waals surface area (Å²) in [7, 11) is 0. The first kappa shape index (κ1) is 23.1. The molecule has 0 spiro atoms. The van der Waals surface area contributed by atoms with Crippen LogP contribution in [0.4, 0.5) is 0 Å². The minimum absolute atomic E-state index is 0.150. The molecule has 0 bridgehead atoms. The van der Waals surface area contributed by atoms with Gasteiger partial charge in [-0.1, -0.05) is 49.1 Å². The number of aliphatic hydroxyl groups is 1. The zero-order valence-electron chi connectivity index (χ0n) is 20.9. The number of fused-ring (bicyclic) bond motifs is 6. The molecule has 2 aromatic carbocycles. The highest BCUT2D eigenvalue weighted by Gasteiger charge is 2.61. The Hall–Kier alpha value is -2.28. The highest BCUT2D eigenvalue weighted by molar-refractivity contribution is 5.41. The molecule has 2 fully saturated rings. The Bertz CT molecular complexity index is 1160. The first-order valence-corrected chi connectivity index (χ1v) is 13.7. The highest BCUT2D eigenvalue weighted by atomic mass is 16.5. The van der Waals surface area contributed by atoms with Gasteiger partial charge in [0, 0.05) is 5.41 Å². The van der Waals surface area contributed by atoms with Crippen molar-refractivity contribution in [3.8, 4) is 17.6 Å². The molecule has 2 N–H and O–H groups in total. The molecule has 3 nitrogen and oxygen atoms in total. The molecule has 0 amide bonds. The summed E-state index contributed by atoms with van der Waals surface area (Å²) < 4.78 is 5.99. The number of aromatic hydroxyl groups is 1. The maximum Gasteiger partial charge on any atom is 0.131 e. The first-order chi connectivity index (χ1) is 17.0. The summed E-state index contributed by atoms with van der Waals surface area (Å²) in [6.45, 7) is 3.45. The second-order valence-corrected chi connectivity index (χ2v) is 11.8. The maximum atomic E-state index is 11.8. The summed E-state index contributed by atoms with van der Waals surface area (Å²) in [6.07, 6.45) is 9.53. The minimum Gasteiger partial charge on any atom is -0.508 e. The molecule has 0 saturated heterocycles. The average Bonchev–Trinajstić information content (AvgIpc) is 3.14. The van der Waals surface area contributed by atoms with Gasteiger partial charge in [0.25, 0.3) is 0 Å². The van der Waals surface area contributed by atoms with Gasteiger partial charge in [0.2, 0.25) is 0 Å². The van der Waals surface area contributed by atoms with Gasteiger partial charge in [-0.05, 0) is 116 Å². The second kappa shape index (κ2) is 8.99. The number of ether oxygens (including phenoxy) is 1. The molecule has 0 radical (unpaired) electrons. The summed E-state index contributed by atoms with van der Waals surface area (Å²) in [5, 5.41) is 21.7. The van der Waals surface area contributed by atoms with Gasteiger partial charge < -0.3 is 14.9 Å². The van der Waals surface area contributed by atoms with E-state index in [0.717, 1.165) is 58.0 Å². The summed E-state index contributed by atoms with van der Waals surface area (Å²) in [5.74, 6) is 9.15. The standard InChI is InChI=1S/C32H38O3/c1-31-16-13-28-27-12-10-26(33)20-25(27)9-11-29(28)30(31)14-17-32(31,34)15-4-18-35-21-22-7-8-23-5-2-3-6-24(23)19-22/h2-3,5-6,10,12,20,22,28-30,33-34H,7-9,11,13-14,16-19,21H2,1H3/t22?,28?,29?,30?,31-,32-/m0/s1. The van der Waals surface area contributed by atoms with E-state index in [1.807, 2.05) is 12.1 Å². The lowest BCUT2D eigenvalue weighted by atomic mass is 9.53. The number of rotatable bonds is 3. The van der Waals surface area contributed by atoms with E-state index in [4.69, 9.17) is 4.74 Å². The molecular formula is C32H38O3. The van der Waals surface area contributed by atoms with Crippen LogP contribution in [-0.2, 0) is 24.0 Å². The van der Waals surface area contributed by atoms with Crippen molar-refractivity contribution in [2.45, 2.75) is 76.2 Å². The number of aryl methyl sites for hydroxylation is 2. The molecule has 6 rings (SSSR count). The molecule has 2 aromatic rings. The Morgan fingerprint density at radius 1 is 0.971 bits per heavy atom. The fourth-order valence-corrected chi connectivity index (χ4v) is 8.16. The SMILES string of the molecule is C[C@]12CCC3c4ccc(O)cc4CCC3C1CC[C@@]2(O)C#CCOCC1CCc2ccccc2C1. The predicted molar refractivity (Wildman–Crippen MR) is 138 cm³/mol. The lowest BCUT2D eigenvalue weighted by Crippen LogP contribution is -2.50. The number of hydrogen-bond acceptors (Lipinski definition) is 3. The summed E-state index contributed by atoms with van der Waals surface area (Å²) in [5.41, 5.74) is 4.65. The van der Waals surface area contributed by atoms with Gasteiger partial charge in [0.1, 0.15) is 18.0 Å². The number of phenolic OH excluding ortho intramolecular Hbond substituents is 1. The molecule has 0 heterocycles. The molecule has 6 atom stereocenters. The van der Waals surface area contributed by atoms with Crippen molar-refractivity contribution >= 4 is 0 Å². The van der Waals surface area contributed by atoms with Crippen LogP contribution in [0.5, 0.6) is 5.75 Å². The lowest BCUT2D eigenvalue weighted by molar-refractivity contribution is -0.0649. The molecular weight excluding hydrogens is 432 g/mol. The van der Waals surface area contributed by atoms with Crippen molar-refractivity contribution in [2.24, 2.45) is 23.2 Å². The number of hydrogen-bond donors (Lipinski definition) is 2. The predicted octanol–water partition coefficient (Wildman–Crippen LogP) is 5.80. The smallest absolute Gasteiger partial charge is 0.131 e. The fraction of sp³-hybridized carbons (Fsp3) is 0.562. The molecule has 4 aliphatic carbocycles. The quantitative estimate of drug-likeness (QED) is 0.440. The Morgan fingerprint density at radius 3 is 2.69 bits per heavy atom. The molecule has 35 heavy (non-hydrogen) atoms. The zero-order valence-corrected chi connectivity index (χ0v) is 20.9. The summed E-state index contributed by atoms with van der Waals surface area (Å²) in [6, 6.07) is 14.7. The molecule has 2 saturated carbocycles. The molecule has 4 aliphatic rings. The number of benzene rings is 2. The Morgan fingerprint density at radius 2 is 1.80 bits per heavy atom. The minimum atomic E-state index is -0.912. The van der Waals surface area contributed by atoms with Crippen molar-refractivity contribution in [1.82, 2.24) is 0 Å². The van der Waals surface area contributed by atoms with Crippen LogP contribution in [-0.4, -0.2) is 29.0 Å². The van der Waals surface area contributed by atoms with Crippen molar-refractivity contribution < 1.29 is 14.9 Å². The van der Waals surface area contributed by atoms with E-state index in [0.29, 0.717) is 36.0 Å². The molecule has 4 unspecified atom stereocenters. The van der Waals surface area contributed by atoms with Crippen molar-refractivity contribution in [1.29, 1.82) is 0 Å². The van der Waals surface area contributed by atoms with Crippen LogP contribution in [0.1, 0.15) is 73.6 Å². The molecule has 0 aromatic heterocycles. The van der Waals surface area contributed by atoms with Gasteiger partial charge >= 0.3 is 0 Å². The molecule has 0 aliphatic heterocycles. The third kappa shape index (κ3) is 4.00. The third-order valence-corrected chi connectivity index (χ3v) is 10.1. The average molecular weight is 471 g/mol.